The topological polar surface area (TPSA) is 21.7 Å². The van der Waals surface area contributed by atoms with Crippen LogP contribution in [0.3, 0.4) is 0 Å². The Morgan fingerprint density at radius 3 is 2.08 bits per heavy atom. The van der Waals surface area contributed by atoms with Crippen molar-refractivity contribution in [3.05, 3.63) is 0 Å². The summed E-state index contributed by atoms with van der Waals surface area (Å²) in [5.74, 6) is 0. The van der Waals surface area contributed by atoms with Crippen LogP contribution in [0, 0.1) is 0 Å². The van der Waals surface area contributed by atoms with Gasteiger partial charge in [-0.05, 0) is 26.9 Å². The van der Waals surface area contributed by atoms with Crippen LogP contribution in [0.25, 0.3) is 0 Å². The van der Waals surface area contributed by atoms with Crippen LogP contribution in [0.2, 0.25) is 0 Å². The summed E-state index contributed by atoms with van der Waals surface area (Å²) in [6, 6.07) is 0. The highest BCUT2D eigenvalue weighted by molar-refractivity contribution is 6.04. The van der Waals surface area contributed by atoms with E-state index in [-0.39, 0.29) is 6.29 Å². The first kappa shape index (κ1) is 13.1. The molecule has 0 saturated carbocycles. The first-order valence-electron chi connectivity index (χ1n) is 5.16. The number of rotatable bonds is 8. The van der Waals surface area contributed by atoms with Gasteiger partial charge in [0.2, 0.25) is 0 Å². The second kappa shape index (κ2) is 8.68. The number of hydrogen-bond donors (Lipinski definition) is 0. The minimum atomic E-state index is -0.00185. The lowest BCUT2D eigenvalue weighted by atomic mass is 10.4. The average molecular weight is 205 g/mol. The summed E-state index contributed by atoms with van der Waals surface area (Å²) in [4.78, 5) is 0. The Hall–Kier alpha value is 0.0969. The first-order valence-corrected chi connectivity index (χ1v) is 6.05. The summed E-state index contributed by atoms with van der Waals surface area (Å²) in [6.45, 7) is 9.89. The van der Waals surface area contributed by atoms with E-state index in [2.05, 4.69) is 11.5 Å². The summed E-state index contributed by atoms with van der Waals surface area (Å²) < 4.78 is 13.3. The molecule has 0 saturated heterocycles. The fourth-order valence-electron chi connectivity index (χ4n) is 1.07. The van der Waals surface area contributed by atoms with Gasteiger partial charge in [-0.25, -0.2) is 0 Å². The summed E-state index contributed by atoms with van der Waals surface area (Å²) in [5.41, 5.74) is 0. The lowest BCUT2D eigenvalue weighted by Gasteiger charge is -2.20. The summed E-state index contributed by atoms with van der Waals surface area (Å²) in [7, 11) is 1.13. The highest BCUT2D eigenvalue weighted by Crippen LogP contribution is 2.01. The van der Waals surface area contributed by atoms with Gasteiger partial charge >= 0.3 is 0 Å². The molecule has 0 aliphatic rings. The molecule has 0 heterocycles. The lowest BCUT2D eigenvalue weighted by Crippen LogP contribution is -2.27. The van der Waals surface area contributed by atoms with Gasteiger partial charge in [-0.2, -0.15) is 0 Å². The second-order valence-corrected chi connectivity index (χ2v) is 4.29. The van der Waals surface area contributed by atoms with Crippen LogP contribution in [-0.4, -0.2) is 47.6 Å². The Labute approximate surface area is 84.9 Å². The highest BCUT2D eigenvalue weighted by Gasteiger charge is 2.07. The largest absolute Gasteiger partial charge is 0.353 e. The van der Waals surface area contributed by atoms with Gasteiger partial charge in [-0.15, -0.1) is 0 Å². The Bertz CT molecular complexity index is 108. The molecular weight excluding hydrogens is 182 g/mol. The van der Waals surface area contributed by atoms with E-state index in [1.807, 2.05) is 13.8 Å². The SMILES string of the molecule is CCOC(CCN([SiH3])CC)OCC. The molecule has 0 unspecified atom stereocenters. The van der Waals surface area contributed by atoms with Crippen molar-refractivity contribution in [2.45, 2.75) is 33.5 Å². The predicted octanol–water partition coefficient (Wildman–Crippen LogP) is 0.378. The van der Waals surface area contributed by atoms with Crippen molar-refractivity contribution in [2.75, 3.05) is 26.3 Å². The zero-order valence-electron chi connectivity index (χ0n) is 9.38. The number of nitrogens with zero attached hydrogens (tertiary/aromatic N) is 1. The molecule has 0 aliphatic heterocycles. The van der Waals surface area contributed by atoms with Gasteiger partial charge in [-0.1, -0.05) is 6.92 Å². The molecule has 0 aliphatic carbocycles. The fourth-order valence-corrected chi connectivity index (χ4v) is 1.33. The number of ether oxygens (including phenoxy) is 2. The molecule has 0 N–H and O–H groups in total. The molecular formula is C9H23NO2Si. The van der Waals surface area contributed by atoms with Crippen molar-refractivity contribution >= 4 is 10.4 Å². The second-order valence-electron chi connectivity index (χ2n) is 3.02. The molecule has 80 valence electrons. The van der Waals surface area contributed by atoms with Crippen LogP contribution in [-0.2, 0) is 9.47 Å². The maximum atomic E-state index is 5.44. The Kier molecular flexibility index (Phi) is 8.75. The van der Waals surface area contributed by atoms with Crippen molar-refractivity contribution in [1.82, 2.24) is 4.57 Å². The van der Waals surface area contributed by atoms with E-state index in [0.29, 0.717) is 0 Å². The quantitative estimate of drug-likeness (QED) is 0.422. The average Bonchev–Trinajstić information content (AvgIpc) is 2.14. The molecule has 0 aromatic carbocycles. The van der Waals surface area contributed by atoms with Crippen molar-refractivity contribution in [3.63, 3.8) is 0 Å². The van der Waals surface area contributed by atoms with E-state index in [9.17, 15) is 0 Å². The van der Waals surface area contributed by atoms with Crippen LogP contribution >= 0.6 is 0 Å². The molecule has 4 heteroatoms. The smallest absolute Gasteiger partial charge is 0.158 e. The minimum absolute atomic E-state index is 0.00185. The monoisotopic (exact) mass is 205 g/mol. The Morgan fingerprint density at radius 2 is 1.69 bits per heavy atom. The summed E-state index contributed by atoms with van der Waals surface area (Å²) in [5, 5.41) is 0. The van der Waals surface area contributed by atoms with E-state index in [1.165, 1.54) is 0 Å². The maximum Gasteiger partial charge on any atom is 0.158 e. The van der Waals surface area contributed by atoms with Crippen molar-refractivity contribution in [2.24, 2.45) is 0 Å². The number of hydrogen-bond acceptors (Lipinski definition) is 3. The van der Waals surface area contributed by atoms with Crippen molar-refractivity contribution in [1.29, 1.82) is 0 Å². The molecule has 13 heavy (non-hydrogen) atoms. The van der Waals surface area contributed by atoms with Gasteiger partial charge in [0.15, 0.2) is 6.29 Å². The molecule has 0 bridgehead atoms. The molecule has 0 aromatic heterocycles. The third-order valence-electron chi connectivity index (χ3n) is 1.99. The van der Waals surface area contributed by atoms with Crippen LogP contribution in [0.4, 0.5) is 0 Å². The van der Waals surface area contributed by atoms with E-state index >= 15 is 0 Å². The standard InChI is InChI=1S/C9H23NO2Si/c1-4-10(13)8-7-9(11-5-2)12-6-3/h9H,4-8H2,1-3,13H3. The third kappa shape index (κ3) is 7.19. The zero-order valence-corrected chi connectivity index (χ0v) is 11.4. The maximum absolute atomic E-state index is 5.44. The van der Waals surface area contributed by atoms with Crippen LogP contribution < -0.4 is 0 Å². The molecule has 0 spiro atoms. The molecule has 0 rings (SSSR count). The van der Waals surface area contributed by atoms with Gasteiger partial charge in [0.25, 0.3) is 0 Å². The molecule has 3 nitrogen and oxygen atoms in total. The summed E-state index contributed by atoms with van der Waals surface area (Å²) >= 11 is 0. The molecule has 0 radical (unpaired) electrons. The van der Waals surface area contributed by atoms with E-state index < -0.39 is 0 Å². The fraction of sp³-hybridized carbons (Fsp3) is 1.00. The zero-order chi connectivity index (χ0) is 10.1. The third-order valence-corrected chi connectivity index (χ3v) is 3.07. The Balaban J connectivity index is 3.55. The van der Waals surface area contributed by atoms with E-state index in [0.717, 1.165) is 43.1 Å². The van der Waals surface area contributed by atoms with E-state index in [4.69, 9.17) is 9.47 Å². The lowest BCUT2D eigenvalue weighted by molar-refractivity contribution is -0.140. The van der Waals surface area contributed by atoms with Gasteiger partial charge in [0.05, 0.1) is 10.4 Å². The van der Waals surface area contributed by atoms with Gasteiger partial charge in [0, 0.05) is 19.6 Å². The molecule has 0 atom stereocenters. The van der Waals surface area contributed by atoms with Crippen molar-refractivity contribution in [3.8, 4) is 0 Å². The Morgan fingerprint density at radius 1 is 1.15 bits per heavy atom. The van der Waals surface area contributed by atoms with E-state index in [1.54, 1.807) is 0 Å². The molecule has 0 fully saturated rings. The summed E-state index contributed by atoms with van der Waals surface area (Å²) in [6.07, 6.45) is 0.983. The predicted molar refractivity (Wildman–Crippen MR) is 58.8 cm³/mol. The highest BCUT2D eigenvalue weighted by atomic mass is 28.2. The van der Waals surface area contributed by atoms with Crippen LogP contribution in [0.15, 0.2) is 0 Å². The molecule has 0 aromatic rings. The van der Waals surface area contributed by atoms with Gasteiger partial charge < -0.3 is 14.0 Å². The minimum Gasteiger partial charge on any atom is -0.353 e. The van der Waals surface area contributed by atoms with Crippen LogP contribution in [0.1, 0.15) is 27.2 Å². The van der Waals surface area contributed by atoms with Crippen LogP contribution in [0.5, 0.6) is 0 Å². The molecule has 0 amide bonds. The normalized spacial score (nSPS) is 11.8. The first-order chi connectivity index (χ1) is 6.24. The van der Waals surface area contributed by atoms with Crippen molar-refractivity contribution < 1.29 is 9.47 Å². The van der Waals surface area contributed by atoms with Gasteiger partial charge in [-0.3, -0.25) is 0 Å². The van der Waals surface area contributed by atoms with Gasteiger partial charge in [0.1, 0.15) is 0 Å².